The van der Waals surface area contributed by atoms with E-state index in [0.29, 0.717) is 32.2 Å². The molecule has 9 nitrogen and oxygen atoms in total. The maximum absolute atomic E-state index is 12.1. The van der Waals surface area contributed by atoms with Crippen LogP contribution in [0.15, 0.2) is 17.1 Å². The van der Waals surface area contributed by atoms with Crippen molar-refractivity contribution in [3.05, 3.63) is 12.2 Å². The lowest BCUT2D eigenvalue weighted by molar-refractivity contribution is -0.147. The molecular formula is C38H74N4O5. The van der Waals surface area contributed by atoms with Crippen LogP contribution in [0.1, 0.15) is 188 Å². The smallest absolute Gasteiger partial charge is 0.328 e. The quantitative estimate of drug-likeness (QED) is 0.0183. The Balaban J connectivity index is 0. The van der Waals surface area contributed by atoms with Gasteiger partial charge >= 0.3 is 11.9 Å². The van der Waals surface area contributed by atoms with E-state index in [2.05, 4.69) is 36.3 Å². The minimum absolute atomic E-state index is 0.0251. The van der Waals surface area contributed by atoms with E-state index in [9.17, 15) is 14.4 Å². The number of nitrogens with zero attached hydrogens (tertiary/aromatic N) is 1. The number of aliphatic carboxylic acids is 1. The third kappa shape index (κ3) is 39.5. The molecule has 0 aliphatic heterocycles. The maximum atomic E-state index is 12.1. The van der Waals surface area contributed by atoms with Crippen molar-refractivity contribution in [2.45, 2.75) is 194 Å². The van der Waals surface area contributed by atoms with Crippen LogP contribution in [0.2, 0.25) is 0 Å². The molecule has 9 heteroatoms. The van der Waals surface area contributed by atoms with Gasteiger partial charge in [0.2, 0.25) is 5.91 Å². The van der Waals surface area contributed by atoms with Crippen LogP contribution in [0.25, 0.3) is 0 Å². The number of esters is 1. The van der Waals surface area contributed by atoms with Gasteiger partial charge in [0.05, 0.1) is 6.61 Å². The summed E-state index contributed by atoms with van der Waals surface area (Å²) in [5.74, 6) is -1.14. The molecule has 276 valence electrons. The minimum atomic E-state index is -0.664. The molecule has 0 fully saturated rings. The first-order valence-electron chi connectivity index (χ1n) is 19.2. The number of carbonyl (C=O) groups excluding carboxylic acids is 2. The van der Waals surface area contributed by atoms with Crippen LogP contribution < -0.4 is 16.8 Å². The summed E-state index contributed by atoms with van der Waals surface area (Å²) >= 11 is 0. The molecule has 0 aliphatic carbocycles. The molecule has 0 spiro atoms. The number of rotatable bonds is 32. The van der Waals surface area contributed by atoms with Gasteiger partial charge in [-0.05, 0) is 58.3 Å². The van der Waals surface area contributed by atoms with E-state index in [1.807, 2.05) is 0 Å². The number of aliphatic imine (C=N–C) groups is 1. The van der Waals surface area contributed by atoms with Crippen LogP contribution in [-0.2, 0) is 19.1 Å². The third-order valence-electron chi connectivity index (χ3n) is 8.01. The average molecular weight is 667 g/mol. The number of unbranched alkanes of at least 4 members (excludes halogenated alkanes) is 19. The highest BCUT2D eigenvalue weighted by Gasteiger charge is 2.21. The Bertz CT molecular complexity index is 784. The highest BCUT2D eigenvalue weighted by Crippen LogP contribution is 2.12. The minimum Gasteiger partial charge on any atom is -0.481 e. The lowest BCUT2D eigenvalue weighted by Gasteiger charge is -2.17. The number of hydrogen-bond donors (Lipinski definition) is 4. The number of allylic oxidation sites excluding steroid dienone is 2. The van der Waals surface area contributed by atoms with Gasteiger partial charge in [0, 0.05) is 19.4 Å². The molecular weight excluding hydrogens is 592 g/mol. The van der Waals surface area contributed by atoms with Gasteiger partial charge in [-0.3, -0.25) is 14.6 Å². The summed E-state index contributed by atoms with van der Waals surface area (Å²) < 4.78 is 5.04. The molecule has 0 aromatic heterocycles. The fraction of sp³-hybridized carbons (Fsp3) is 0.842. The first-order chi connectivity index (χ1) is 22.8. The standard InChI is InChI=1S/C20H40N4O3.C18H34O2/c1-3-5-6-7-8-9-10-11-12-15-18(25)24-17(19(26)27-4-2)14-13-16-23-20(21)22;1-2-3-4-5-6-7-8-9-10-11-12-13-14-15-16-17-18(19)20/h17H,3-16H2,1-2H3,(H,24,25)(H4,21,22,23);9-10H,2-8,11-17H2,1H3,(H,19,20)/b;10-9+/t17-;/m0./s1. The molecule has 47 heavy (non-hydrogen) atoms. The first kappa shape index (κ1) is 46.5. The molecule has 0 radical (unpaired) electrons. The Labute approximate surface area is 288 Å². The molecule has 0 saturated carbocycles. The van der Waals surface area contributed by atoms with Crippen molar-refractivity contribution in [3.8, 4) is 0 Å². The van der Waals surface area contributed by atoms with Crippen LogP contribution in [0.4, 0.5) is 0 Å². The van der Waals surface area contributed by atoms with Gasteiger partial charge in [-0.2, -0.15) is 0 Å². The number of carboxylic acid groups (broad SMARTS) is 1. The van der Waals surface area contributed by atoms with Crippen LogP contribution >= 0.6 is 0 Å². The van der Waals surface area contributed by atoms with E-state index < -0.39 is 18.0 Å². The number of nitrogens with two attached hydrogens (primary N) is 2. The van der Waals surface area contributed by atoms with Crippen molar-refractivity contribution in [1.29, 1.82) is 0 Å². The molecule has 1 atom stereocenters. The summed E-state index contributed by atoms with van der Waals surface area (Å²) in [6, 6.07) is -0.634. The predicted molar refractivity (Wildman–Crippen MR) is 197 cm³/mol. The number of carbonyl (C=O) groups is 3. The van der Waals surface area contributed by atoms with Gasteiger partial charge < -0.3 is 26.6 Å². The Morgan fingerprint density at radius 2 is 1.11 bits per heavy atom. The largest absolute Gasteiger partial charge is 0.481 e. The van der Waals surface area contributed by atoms with Crippen molar-refractivity contribution in [3.63, 3.8) is 0 Å². The number of nitrogens with one attached hydrogen (secondary N) is 1. The van der Waals surface area contributed by atoms with E-state index in [4.69, 9.17) is 21.3 Å². The summed E-state index contributed by atoms with van der Waals surface area (Å²) in [5, 5.41) is 11.3. The second-order valence-corrected chi connectivity index (χ2v) is 12.6. The van der Waals surface area contributed by atoms with Crippen molar-refractivity contribution in [1.82, 2.24) is 5.32 Å². The van der Waals surface area contributed by atoms with Gasteiger partial charge in [0.1, 0.15) is 6.04 Å². The van der Waals surface area contributed by atoms with Crippen molar-refractivity contribution in [2.75, 3.05) is 13.2 Å². The zero-order chi connectivity index (χ0) is 35.2. The van der Waals surface area contributed by atoms with Gasteiger partial charge in [-0.15, -0.1) is 0 Å². The lowest BCUT2D eigenvalue weighted by atomic mass is 10.1. The number of guanidine groups is 1. The summed E-state index contributed by atoms with van der Waals surface area (Å²) in [7, 11) is 0. The molecule has 0 aliphatic rings. The SMILES string of the molecule is CCCCCCCC/C=C/CCCCCCCC(=O)O.CCCCCCCCCCCC(=O)N[C@@H](CCCN=C(N)N)C(=O)OCC. The van der Waals surface area contributed by atoms with E-state index in [0.717, 1.165) is 25.7 Å². The fourth-order valence-corrected chi connectivity index (χ4v) is 5.21. The topological polar surface area (TPSA) is 157 Å². The zero-order valence-electron chi connectivity index (χ0n) is 30.7. The Morgan fingerprint density at radius 3 is 1.55 bits per heavy atom. The van der Waals surface area contributed by atoms with Crippen LogP contribution in [-0.4, -0.2) is 48.1 Å². The fourth-order valence-electron chi connectivity index (χ4n) is 5.21. The monoisotopic (exact) mass is 667 g/mol. The Hall–Kier alpha value is -2.58. The summed E-state index contributed by atoms with van der Waals surface area (Å²) in [6.07, 6.45) is 33.6. The number of amides is 1. The van der Waals surface area contributed by atoms with Gasteiger partial charge in [-0.1, -0.05) is 129 Å². The van der Waals surface area contributed by atoms with E-state index in [1.165, 1.54) is 116 Å². The van der Waals surface area contributed by atoms with Gasteiger partial charge in [-0.25, -0.2) is 4.79 Å². The number of carboxylic acids is 1. The van der Waals surface area contributed by atoms with Crippen LogP contribution in [0, 0.1) is 0 Å². The molecule has 0 aromatic carbocycles. The maximum Gasteiger partial charge on any atom is 0.328 e. The highest BCUT2D eigenvalue weighted by atomic mass is 16.5. The van der Waals surface area contributed by atoms with Crippen LogP contribution in [0.3, 0.4) is 0 Å². The molecule has 0 saturated heterocycles. The molecule has 0 heterocycles. The van der Waals surface area contributed by atoms with E-state index in [1.54, 1.807) is 6.92 Å². The zero-order valence-corrected chi connectivity index (χ0v) is 30.7. The second-order valence-electron chi connectivity index (χ2n) is 12.6. The Morgan fingerprint density at radius 1 is 0.660 bits per heavy atom. The highest BCUT2D eigenvalue weighted by molar-refractivity contribution is 5.84. The third-order valence-corrected chi connectivity index (χ3v) is 8.01. The summed E-state index contributed by atoms with van der Waals surface area (Å²) in [5.41, 5.74) is 10.6. The van der Waals surface area contributed by atoms with Gasteiger partial charge in [0.15, 0.2) is 5.96 Å². The molecule has 0 aromatic rings. The summed E-state index contributed by atoms with van der Waals surface area (Å²) in [4.78, 5) is 38.3. The molecule has 0 bridgehead atoms. The number of hydrogen-bond acceptors (Lipinski definition) is 5. The second kappa shape index (κ2) is 37.9. The first-order valence-corrected chi connectivity index (χ1v) is 19.2. The molecule has 1 amide bonds. The Kier molecular flexibility index (Phi) is 37.5. The van der Waals surface area contributed by atoms with Gasteiger partial charge in [0.25, 0.3) is 0 Å². The van der Waals surface area contributed by atoms with Crippen molar-refractivity contribution >= 4 is 23.8 Å². The molecule has 6 N–H and O–H groups in total. The van der Waals surface area contributed by atoms with Crippen LogP contribution in [0.5, 0.6) is 0 Å². The average Bonchev–Trinajstić information content (AvgIpc) is 3.03. The summed E-state index contributed by atoms with van der Waals surface area (Å²) in [6.45, 7) is 6.94. The van der Waals surface area contributed by atoms with E-state index in [-0.39, 0.29) is 18.5 Å². The molecule has 0 unspecified atom stereocenters. The normalized spacial score (nSPS) is 11.5. The number of ether oxygens (including phenoxy) is 1. The van der Waals surface area contributed by atoms with Crippen molar-refractivity contribution in [2.24, 2.45) is 16.5 Å². The lowest BCUT2D eigenvalue weighted by Crippen LogP contribution is -2.42. The van der Waals surface area contributed by atoms with E-state index >= 15 is 0 Å². The molecule has 0 rings (SSSR count). The van der Waals surface area contributed by atoms with Crippen molar-refractivity contribution < 1.29 is 24.2 Å². The predicted octanol–water partition coefficient (Wildman–Crippen LogP) is 9.12.